The standard InChI is InChI=1S/C24H29NO3.ClH.H2O/c1-27-22-14-19-13-20(24(26)21(19)15-23(22)28-2)12-17-8-10-25(11-9-17)16-18-6-4-3-5-7-18;;/h3-7,14-15,17,20H,8-13,16H2,1-2H3;1H;1H2. The van der Waals surface area contributed by atoms with Crippen molar-refractivity contribution in [1.29, 1.82) is 0 Å². The summed E-state index contributed by atoms with van der Waals surface area (Å²) in [4.78, 5) is 15.5. The Morgan fingerprint density at radius 3 is 2.27 bits per heavy atom. The Hall–Kier alpha value is -2.08. The number of carbonyl (C=O) groups excluding carboxylic acids is 1. The van der Waals surface area contributed by atoms with Crippen molar-refractivity contribution in [3.05, 3.63) is 59.2 Å². The monoisotopic (exact) mass is 433 g/mol. The molecule has 0 saturated carbocycles. The van der Waals surface area contributed by atoms with Crippen LogP contribution in [0.3, 0.4) is 0 Å². The van der Waals surface area contributed by atoms with Gasteiger partial charge in [-0.2, -0.15) is 0 Å². The predicted octanol–water partition coefficient (Wildman–Crippen LogP) is 3.96. The van der Waals surface area contributed by atoms with E-state index in [0.29, 0.717) is 17.4 Å². The Bertz CT molecular complexity index is 835. The average Bonchev–Trinajstić information content (AvgIpc) is 3.03. The van der Waals surface area contributed by atoms with E-state index in [-0.39, 0.29) is 29.6 Å². The molecule has 30 heavy (non-hydrogen) atoms. The number of ketones is 1. The molecule has 6 heteroatoms. The zero-order valence-corrected chi connectivity index (χ0v) is 18.5. The Balaban J connectivity index is 0.00000160. The second-order valence-corrected chi connectivity index (χ2v) is 8.07. The highest BCUT2D eigenvalue weighted by atomic mass is 35.5. The predicted molar refractivity (Wildman–Crippen MR) is 121 cm³/mol. The molecule has 5 nitrogen and oxygen atoms in total. The van der Waals surface area contributed by atoms with Crippen molar-refractivity contribution in [2.75, 3.05) is 27.3 Å². The number of piperidine rings is 1. The molecule has 0 aromatic heterocycles. The van der Waals surface area contributed by atoms with E-state index in [1.807, 2.05) is 12.1 Å². The van der Waals surface area contributed by atoms with Crippen LogP contribution in [0.2, 0.25) is 0 Å². The van der Waals surface area contributed by atoms with Gasteiger partial charge in [0.15, 0.2) is 17.3 Å². The smallest absolute Gasteiger partial charge is 0.166 e. The van der Waals surface area contributed by atoms with Crippen molar-refractivity contribution in [3.8, 4) is 11.5 Å². The zero-order chi connectivity index (χ0) is 19.5. The molecule has 1 aliphatic carbocycles. The van der Waals surface area contributed by atoms with Crippen LogP contribution in [-0.4, -0.2) is 43.5 Å². The van der Waals surface area contributed by atoms with Gasteiger partial charge in [-0.05, 0) is 68.0 Å². The topological polar surface area (TPSA) is 70.3 Å². The van der Waals surface area contributed by atoms with Crippen LogP contribution in [0.5, 0.6) is 11.5 Å². The van der Waals surface area contributed by atoms with Crippen LogP contribution in [0.15, 0.2) is 42.5 Å². The molecular formula is C24H32ClNO4. The number of benzene rings is 2. The molecule has 4 rings (SSSR count). The van der Waals surface area contributed by atoms with Crippen LogP contribution in [0, 0.1) is 11.8 Å². The first-order valence-electron chi connectivity index (χ1n) is 10.2. The summed E-state index contributed by atoms with van der Waals surface area (Å²) in [5.74, 6) is 2.38. The van der Waals surface area contributed by atoms with Gasteiger partial charge in [0.2, 0.25) is 0 Å². The second-order valence-electron chi connectivity index (χ2n) is 8.07. The highest BCUT2D eigenvalue weighted by molar-refractivity contribution is 6.02. The van der Waals surface area contributed by atoms with Crippen molar-refractivity contribution in [1.82, 2.24) is 4.90 Å². The average molecular weight is 434 g/mol. The van der Waals surface area contributed by atoms with Crippen LogP contribution in [0.1, 0.15) is 40.7 Å². The fraction of sp³-hybridized carbons (Fsp3) is 0.458. The summed E-state index contributed by atoms with van der Waals surface area (Å²) in [7, 11) is 3.26. The molecule has 0 bridgehead atoms. The van der Waals surface area contributed by atoms with Crippen molar-refractivity contribution >= 4 is 18.2 Å². The summed E-state index contributed by atoms with van der Waals surface area (Å²) in [5, 5.41) is 0. The minimum absolute atomic E-state index is 0. The maximum Gasteiger partial charge on any atom is 0.166 e. The first kappa shape index (κ1) is 24.2. The van der Waals surface area contributed by atoms with Gasteiger partial charge in [-0.15, -0.1) is 12.4 Å². The van der Waals surface area contributed by atoms with Gasteiger partial charge in [0.25, 0.3) is 0 Å². The second kappa shape index (κ2) is 10.8. The van der Waals surface area contributed by atoms with Crippen LogP contribution < -0.4 is 9.47 Å². The van der Waals surface area contributed by atoms with E-state index in [4.69, 9.17) is 9.47 Å². The molecule has 2 aromatic rings. The Kier molecular flexibility index (Phi) is 8.71. The van der Waals surface area contributed by atoms with Crippen LogP contribution in [0.4, 0.5) is 0 Å². The number of hydrogen-bond donors (Lipinski definition) is 0. The van der Waals surface area contributed by atoms with E-state index in [1.165, 1.54) is 18.4 Å². The fourth-order valence-electron chi connectivity index (χ4n) is 4.71. The van der Waals surface area contributed by atoms with Gasteiger partial charge in [-0.1, -0.05) is 30.3 Å². The maximum atomic E-state index is 12.9. The third-order valence-electron chi connectivity index (χ3n) is 6.29. The maximum absolute atomic E-state index is 12.9. The van der Waals surface area contributed by atoms with Crippen LogP contribution in [-0.2, 0) is 13.0 Å². The van der Waals surface area contributed by atoms with E-state index in [1.54, 1.807) is 14.2 Å². The van der Waals surface area contributed by atoms with E-state index < -0.39 is 0 Å². The summed E-state index contributed by atoms with van der Waals surface area (Å²) in [5.41, 5.74) is 3.31. The molecule has 0 spiro atoms. The van der Waals surface area contributed by atoms with Gasteiger partial charge in [0.1, 0.15) is 0 Å². The molecule has 1 aliphatic heterocycles. The summed E-state index contributed by atoms with van der Waals surface area (Å²) >= 11 is 0. The highest BCUT2D eigenvalue weighted by Gasteiger charge is 2.34. The summed E-state index contributed by atoms with van der Waals surface area (Å²) in [6, 6.07) is 14.5. The van der Waals surface area contributed by atoms with Gasteiger partial charge in [-0.25, -0.2) is 0 Å². The van der Waals surface area contributed by atoms with Gasteiger partial charge in [-0.3, -0.25) is 9.69 Å². The largest absolute Gasteiger partial charge is 0.493 e. The summed E-state index contributed by atoms with van der Waals surface area (Å²) in [6.45, 7) is 3.27. The number of methoxy groups -OCH3 is 2. The lowest BCUT2D eigenvalue weighted by Gasteiger charge is -2.32. The number of Topliss-reactive ketones (excluding diaryl/α,β-unsaturated/α-hetero) is 1. The molecule has 1 fully saturated rings. The molecule has 0 radical (unpaired) electrons. The van der Waals surface area contributed by atoms with Crippen molar-refractivity contribution < 1.29 is 19.7 Å². The molecule has 2 aromatic carbocycles. The molecule has 1 heterocycles. The minimum atomic E-state index is 0. The van der Waals surface area contributed by atoms with Crippen molar-refractivity contribution in [2.45, 2.75) is 32.2 Å². The van der Waals surface area contributed by atoms with E-state index >= 15 is 0 Å². The third-order valence-corrected chi connectivity index (χ3v) is 6.29. The van der Waals surface area contributed by atoms with Crippen LogP contribution >= 0.6 is 12.4 Å². The van der Waals surface area contributed by atoms with Crippen LogP contribution in [0.25, 0.3) is 0 Å². The molecule has 2 aliphatic rings. The molecular weight excluding hydrogens is 402 g/mol. The lowest BCUT2D eigenvalue weighted by atomic mass is 9.85. The van der Waals surface area contributed by atoms with Crippen molar-refractivity contribution in [2.24, 2.45) is 11.8 Å². The third kappa shape index (κ3) is 5.15. The first-order valence-corrected chi connectivity index (χ1v) is 10.2. The van der Waals surface area contributed by atoms with Gasteiger partial charge < -0.3 is 14.9 Å². The Morgan fingerprint density at radius 1 is 1.00 bits per heavy atom. The molecule has 1 atom stereocenters. The number of rotatable bonds is 6. The Labute approximate surface area is 185 Å². The zero-order valence-electron chi connectivity index (χ0n) is 17.7. The number of ether oxygens (including phenoxy) is 2. The SMILES string of the molecule is COc1cc2c(cc1OC)C(=O)C(CC1CCN(Cc3ccccc3)CC1)C2.Cl.O. The Morgan fingerprint density at radius 2 is 1.63 bits per heavy atom. The number of halogens is 1. The number of hydrogen-bond acceptors (Lipinski definition) is 4. The lowest BCUT2D eigenvalue weighted by molar-refractivity contribution is 0.0895. The normalized spacial score (nSPS) is 18.9. The van der Waals surface area contributed by atoms with E-state index in [0.717, 1.165) is 43.6 Å². The molecule has 2 N–H and O–H groups in total. The summed E-state index contributed by atoms with van der Waals surface area (Å²) < 4.78 is 10.8. The lowest BCUT2D eigenvalue weighted by Crippen LogP contribution is -2.34. The number of fused-ring (bicyclic) bond motifs is 1. The quantitative estimate of drug-likeness (QED) is 0.691. The number of likely N-dealkylation sites (tertiary alicyclic amines) is 1. The fourth-order valence-corrected chi connectivity index (χ4v) is 4.71. The first-order chi connectivity index (χ1) is 13.7. The number of carbonyl (C=O) groups is 1. The minimum Gasteiger partial charge on any atom is -0.493 e. The van der Waals surface area contributed by atoms with E-state index in [2.05, 4.69) is 35.2 Å². The van der Waals surface area contributed by atoms with Crippen molar-refractivity contribution in [3.63, 3.8) is 0 Å². The van der Waals surface area contributed by atoms with Gasteiger partial charge in [0.05, 0.1) is 14.2 Å². The van der Waals surface area contributed by atoms with Gasteiger partial charge >= 0.3 is 0 Å². The van der Waals surface area contributed by atoms with Gasteiger partial charge in [0, 0.05) is 18.0 Å². The number of nitrogens with zero attached hydrogens (tertiary/aromatic N) is 1. The molecule has 0 amide bonds. The van der Waals surface area contributed by atoms with E-state index in [9.17, 15) is 4.79 Å². The highest BCUT2D eigenvalue weighted by Crippen LogP contribution is 2.39. The molecule has 164 valence electrons. The molecule has 1 unspecified atom stereocenters. The summed E-state index contributed by atoms with van der Waals surface area (Å²) in [6.07, 6.45) is 4.19. The molecule has 1 saturated heterocycles.